The first-order valence-corrected chi connectivity index (χ1v) is 7.06. The lowest BCUT2D eigenvalue weighted by Crippen LogP contribution is -2.32. The molecule has 1 saturated heterocycles. The molecule has 1 atom stereocenters. The molecule has 2 N–H and O–H groups in total. The number of halogens is 3. The van der Waals surface area contributed by atoms with E-state index in [1.54, 1.807) is 24.1 Å². The van der Waals surface area contributed by atoms with E-state index in [9.17, 15) is 4.79 Å². The summed E-state index contributed by atoms with van der Waals surface area (Å²) in [6, 6.07) is 3.50. The highest BCUT2D eigenvalue weighted by Gasteiger charge is 2.27. The number of hydrogen-bond acceptors (Lipinski definition) is 3. The van der Waals surface area contributed by atoms with Crippen LogP contribution in [0.25, 0.3) is 0 Å². The van der Waals surface area contributed by atoms with Gasteiger partial charge in [0, 0.05) is 22.7 Å². The predicted octanol–water partition coefficient (Wildman–Crippen LogP) is 2.55. The molecule has 2 rings (SSSR count). The maximum absolute atomic E-state index is 12.4. The SMILES string of the molecule is COc1cc(I)c(Cl)cc1C(=O)N1CC[C@@H](N)C1.Cl. The van der Waals surface area contributed by atoms with Crippen molar-refractivity contribution in [1.82, 2.24) is 4.90 Å². The number of amides is 1. The van der Waals surface area contributed by atoms with E-state index in [0.717, 1.165) is 9.99 Å². The van der Waals surface area contributed by atoms with Gasteiger partial charge in [0.25, 0.3) is 5.91 Å². The van der Waals surface area contributed by atoms with E-state index in [0.29, 0.717) is 29.4 Å². The van der Waals surface area contributed by atoms with Crippen molar-refractivity contribution in [3.63, 3.8) is 0 Å². The van der Waals surface area contributed by atoms with Gasteiger partial charge in [0.2, 0.25) is 0 Å². The third-order valence-electron chi connectivity index (χ3n) is 2.98. The van der Waals surface area contributed by atoms with Gasteiger partial charge in [-0.3, -0.25) is 4.79 Å². The van der Waals surface area contributed by atoms with Crippen LogP contribution in [-0.4, -0.2) is 37.0 Å². The Labute approximate surface area is 137 Å². The molecule has 0 unspecified atom stereocenters. The first kappa shape index (κ1) is 16.8. The van der Waals surface area contributed by atoms with E-state index in [1.165, 1.54) is 0 Å². The van der Waals surface area contributed by atoms with Gasteiger partial charge in [0.15, 0.2) is 0 Å². The molecule has 0 aromatic heterocycles. The van der Waals surface area contributed by atoms with E-state index < -0.39 is 0 Å². The lowest BCUT2D eigenvalue weighted by atomic mass is 10.1. The molecule has 1 fully saturated rings. The van der Waals surface area contributed by atoms with Crippen LogP contribution in [0.1, 0.15) is 16.8 Å². The van der Waals surface area contributed by atoms with Crippen LogP contribution in [0.5, 0.6) is 5.75 Å². The van der Waals surface area contributed by atoms with E-state index in [-0.39, 0.29) is 24.4 Å². The minimum Gasteiger partial charge on any atom is -0.496 e. The lowest BCUT2D eigenvalue weighted by Gasteiger charge is -2.18. The Hall–Kier alpha value is -0.240. The summed E-state index contributed by atoms with van der Waals surface area (Å²) in [5.41, 5.74) is 6.31. The quantitative estimate of drug-likeness (QED) is 0.753. The fraction of sp³-hybridized carbons (Fsp3) is 0.417. The molecule has 0 radical (unpaired) electrons. The Morgan fingerprint density at radius 2 is 2.26 bits per heavy atom. The topological polar surface area (TPSA) is 55.6 Å². The molecule has 19 heavy (non-hydrogen) atoms. The van der Waals surface area contributed by atoms with Gasteiger partial charge in [-0.25, -0.2) is 0 Å². The zero-order chi connectivity index (χ0) is 13.3. The van der Waals surface area contributed by atoms with Crippen molar-refractivity contribution in [2.24, 2.45) is 5.73 Å². The van der Waals surface area contributed by atoms with Gasteiger partial charge in [-0.1, -0.05) is 11.6 Å². The largest absolute Gasteiger partial charge is 0.496 e. The van der Waals surface area contributed by atoms with Crippen molar-refractivity contribution < 1.29 is 9.53 Å². The van der Waals surface area contributed by atoms with Gasteiger partial charge in [-0.15, -0.1) is 12.4 Å². The Morgan fingerprint density at radius 3 is 2.79 bits per heavy atom. The number of nitrogens with two attached hydrogens (primary N) is 1. The number of benzene rings is 1. The van der Waals surface area contributed by atoms with Crippen LogP contribution in [0.3, 0.4) is 0 Å². The molecule has 1 aromatic rings. The van der Waals surface area contributed by atoms with Gasteiger partial charge in [-0.05, 0) is 41.1 Å². The number of likely N-dealkylation sites (tertiary alicyclic amines) is 1. The monoisotopic (exact) mass is 416 g/mol. The van der Waals surface area contributed by atoms with Crippen molar-refractivity contribution in [1.29, 1.82) is 0 Å². The molecular formula is C12H15Cl2IN2O2. The molecule has 0 aliphatic carbocycles. The van der Waals surface area contributed by atoms with Crippen LogP contribution in [-0.2, 0) is 0 Å². The highest BCUT2D eigenvalue weighted by atomic mass is 127. The lowest BCUT2D eigenvalue weighted by molar-refractivity contribution is 0.0787. The van der Waals surface area contributed by atoms with Crippen molar-refractivity contribution in [3.8, 4) is 5.75 Å². The smallest absolute Gasteiger partial charge is 0.257 e. The van der Waals surface area contributed by atoms with E-state index >= 15 is 0 Å². The van der Waals surface area contributed by atoms with Crippen LogP contribution >= 0.6 is 46.6 Å². The maximum Gasteiger partial charge on any atom is 0.257 e. The van der Waals surface area contributed by atoms with E-state index in [2.05, 4.69) is 22.6 Å². The van der Waals surface area contributed by atoms with Gasteiger partial charge < -0.3 is 15.4 Å². The van der Waals surface area contributed by atoms with Crippen LogP contribution in [0, 0.1) is 3.57 Å². The molecule has 0 bridgehead atoms. The Morgan fingerprint density at radius 1 is 1.58 bits per heavy atom. The molecule has 7 heteroatoms. The van der Waals surface area contributed by atoms with Crippen molar-refractivity contribution in [3.05, 3.63) is 26.3 Å². The van der Waals surface area contributed by atoms with Crippen molar-refractivity contribution in [2.75, 3.05) is 20.2 Å². The highest BCUT2D eigenvalue weighted by molar-refractivity contribution is 14.1. The number of ether oxygens (including phenoxy) is 1. The minimum absolute atomic E-state index is 0. The second kappa shape index (κ2) is 6.97. The summed E-state index contributed by atoms with van der Waals surface area (Å²) >= 11 is 8.17. The summed E-state index contributed by atoms with van der Waals surface area (Å²) < 4.78 is 6.11. The molecule has 0 spiro atoms. The summed E-state index contributed by atoms with van der Waals surface area (Å²) in [6.45, 7) is 1.28. The maximum atomic E-state index is 12.4. The number of carbonyl (C=O) groups excluding carboxylic acids is 1. The third-order valence-corrected chi connectivity index (χ3v) is 4.51. The minimum atomic E-state index is -0.0712. The van der Waals surface area contributed by atoms with Gasteiger partial charge in [0.05, 0.1) is 17.7 Å². The Bertz CT molecular complexity index is 485. The molecular weight excluding hydrogens is 402 g/mol. The first-order chi connectivity index (χ1) is 8.52. The average molecular weight is 417 g/mol. The van der Waals surface area contributed by atoms with Crippen LogP contribution in [0.4, 0.5) is 0 Å². The number of carbonyl (C=O) groups is 1. The van der Waals surface area contributed by atoms with Crippen molar-refractivity contribution in [2.45, 2.75) is 12.5 Å². The number of rotatable bonds is 2. The zero-order valence-corrected chi connectivity index (χ0v) is 14.1. The molecule has 1 amide bonds. The Balaban J connectivity index is 0.00000180. The van der Waals surface area contributed by atoms with E-state index in [4.69, 9.17) is 22.1 Å². The van der Waals surface area contributed by atoms with Crippen LogP contribution < -0.4 is 10.5 Å². The number of hydrogen-bond donors (Lipinski definition) is 1. The number of nitrogens with zero attached hydrogens (tertiary/aromatic N) is 1. The molecule has 1 heterocycles. The fourth-order valence-electron chi connectivity index (χ4n) is 2.01. The number of methoxy groups -OCH3 is 1. The third kappa shape index (κ3) is 3.65. The normalized spacial score (nSPS) is 18.1. The summed E-state index contributed by atoms with van der Waals surface area (Å²) in [7, 11) is 1.55. The highest BCUT2D eigenvalue weighted by Crippen LogP contribution is 2.29. The average Bonchev–Trinajstić information content (AvgIpc) is 2.78. The second-order valence-electron chi connectivity index (χ2n) is 4.27. The zero-order valence-electron chi connectivity index (χ0n) is 10.4. The van der Waals surface area contributed by atoms with E-state index in [1.807, 2.05) is 0 Å². The van der Waals surface area contributed by atoms with Crippen LogP contribution in [0.15, 0.2) is 12.1 Å². The van der Waals surface area contributed by atoms with Crippen molar-refractivity contribution >= 4 is 52.5 Å². The summed E-state index contributed by atoms with van der Waals surface area (Å²) in [6.07, 6.45) is 0.839. The predicted molar refractivity (Wildman–Crippen MR) is 86.5 cm³/mol. The van der Waals surface area contributed by atoms with Crippen LogP contribution in [0.2, 0.25) is 5.02 Å². The summed E-state index contributed by atoms with van der Waals surface area (Å²) in [5, 5.41) is 0.559. The molecule has 1 aromatic carbocycles. The molecule has 106 valence electrons. The second-order valence-corrected chi connectivity index (χ2v) is 5.84. The standard InChI is InChI=1S/C12H14ClIN2O2.ClH/c1-18-11-5-10(14)9(13)4-8(11)12(17)16-3-2-7(15)6-16;/h4-5,7H,2-3,6,15H2,1H3;1H/t7-;/m1./s1. The van der Waals surface area contributed by atoms with Gasteiger partial charge in [0.1, 0.15) is 5.75 Å². The molecule has 4 nitrogen and oxygen atoms in total. The van der Waals surface area contributed by atoms with Gasteiger partial charge in [-0.2, -0.15) is 0 Å². The molecule has 1 aliphatic heterocycles. The van der Waals surface area contributed by atoms with Gasteiger partial charge >= 0.3 is 0 Å². The fourth-order valence-corrected chi connectivity index (χ4v) is 2.61. The molecule has 1 aliphatic rings. The summed E-state index contributed by atoms with van der Waals surface area (Å²) in [4.78, 5) is 14.1. The Kier molecular flexibility index (Phi) is 6.16. The summed E-state index contributed by atoms with van der Waals surface area (Å²) in [5.74, 6) is 0.479. The molecule has 0 saturated carbocycles. The first-order valence-electron chi connectivity index (χ1n) is 5.61.